The molecule has 4 N–H and O–H groups in total. The van der Waals surface area contributed by atoms with Crippen LogP contribution in [0.15, 0.2) is 24.3 Å². The van der Waals surface area contributed by atoms with Crippen LogP contribution < -0.4 is 5.32 Å². The predicted octanol–water partition coefficient (Wildman–Crippen LogP) is 9.48. The Morgan fingerprint density at radius 1 is 0.571 bits per heavy atom. The van der Waals surface area contributed by atoms with Gasteiger partial charge < -0.3 is 20.6 Å². The molecule has 0 aromatic carbocycles. The average Bonchev–Trinajstić information content (AvgIpc) is 2.99. The van der Waals surface area contributed by atoms with Crippen molar-refractivity contribution < 1.29 is 20.1 Å². The van der Waals surface area contributed by atoms with Gasteiger partial charge in [0.05, 0.1) is 18.8 Å². The molecule has 0 heterocycles. The summed E-state index contributed by atoms with van der Waals surface area (Å²) in [5.41, 5.74) is 0. The van der Waals surface area contributed by atoms with Crippen LogP contribution in [0.3, 0.4) is 0 Å². The van der Waals surface area contributed by atoms with Crippen LogP contribution >= 0.6 is 0 Å². The fourth-order valence-corrected chi connectivity index (χ4v) is 5.41. The number of carbonyl (C=O) groups is 1. The van der Waals surface area contributed by atoms with Crippen LogP contribution in [0.4, 0.5) is 0 Å². The molecule has 0 aliphatic carbocycles. The first-order valence-corrected chi connectivity index (χ1v) is 18.1. The molecule has 3 unspecified atom stereocenters. The summed E-state index contributed by atoms with van der Waals surface area (Å²) in [4.78, 5) is 12.3. The number of unbranched alkanes of at least 4 members (excludes halogenated alkanes) is 20. The Hall–Kier alpha value is -1.17. The zero-order valence-corrected chi connectivity index (χ0v) is 27.9. The fraction of sp³-hybridized carbons (Fsp3) is 0.865. The Balaban J connectivity index is 3.78. The maximum absolute atomic E-state index is 12.3. The van der Waals surface area contributed by atoms with Gasteiger partial charge in [-0.1, -0.05) is 147 Å². The second kappa shape index (κ2) is 32.7. The lowest BCUT2D eigenvalue weighted by atomic mass is 10.0. The molecule has 42 heavy (non-hydrogen) atoms. The van der Waals surface area contributed by atoms with E-state index in [4.69, 9.17) is 0 Å². The molecule has 1 amide bonds. The van der Waals surface area contributed by atoms with E-state index in [0.717, 1.165) is 44.9 Å². The van der Waals surface area contributed by atoms with Crippen LogP contribution in [-0.4, -0.2) is 46.1 Å². The molecule has 0 spiro atoms. The van der Waals surface area contributed by atoms with Crippen LogP contribution in [0, 0.1) is 0 Å². The SMILES string of the molecule is CCCCCCCCC/C=C/CC/C=C/CCCC(O)C(O)C(CO)NC(=O)CCCCCCCCCCCCCC. The third-order valence-electron chi connectivity index (χ3n) is 8.29. The van der Waals surface area contributed by atoms with E-state index in [2.05, 4.69) is 43.5 Å². The second-order valence-corrected chi connectivity index (χ2v) is 12.4. The number of allylic oxidation sites excluding steroid dienone is 4. The number of aliphatic hydroxyl groups is 3. The molecule has 0 aliphatic rings. The highest BCUT2D eigenvalue weighted by Gasteiger charge is 2.26. The molecule has 0 radical (unpaired) electrons. The van der Waals surface area contributed by atoms with Gasteiger partial charge in [0, 0.05) is 6.42 Å². The minimum atomic E-state index is -1.16. The molecule has 0 aliphatic heterocycles. The smallest absolute Gasteiger partial charge is 0.220 e. The molecule has 0 saturated heterocycles. The van der Waals surface area contributed by atoms with Gasteiger partial charge in [-0.25, -0.2) is 0 Å². The first-order chi connectivity index (χ1) is 20.6. The van der Waals surface area contributed by atoms with Crippen LogP contribution in [0.25, 0.3) is 0 Å². The molecule has 3 atom stereocenters. The standard InChI is InChI=1S/C37H71NO4/c1-3-5-7-9-11-13-15-17-18-19-20-21-23-25-27-29-31-35(40)37(42)34(33-39)38-36(41)32-30-28-26-24-22-16-14-12-10-8-6-4-2/h18-19,23,25,34-35,37,39-40,42H,3-17,20-22,24,26-33H2,1-2H3,(H,38,41)/b19-18+,25-23+. The molecule has 0 fully saturated rings. The summed E-state index contributed by atoms with van der Waals surface area (Å²) >= 11 is 0. The quantitative estimate of drug-likeness (QED) is 0.0462. The number of hydrogen-bond acceptors (Lipinski definition) is 4. The van der Waals surface area contributed by atoms with Gasteiger partial charge in [0.1, 0.15) is 6.10 Å². The Labute approximate surface area is 261 Å². The van der Waals surface area contributed by atoms with E-state index < -0.39 is 18.2 Å². The zero-order valence-electron chi connectivity index (χ0n) is 27.9. The highest BCUT2D eigenvalue weighted by molar-refractivity contribution is 5.76. The third-order valence-corrected chi connectivity index (χ3v) is 8.29. The fourth-order valence-electron chi connectivity index (χ4n) is 5.41. The van der Waals surface area contributed by atoms with Gasteiger partial charge in [-0.2, -0.15) is 0 Å². The third kappa shape index (κ3) is 27.7. The highest BCUT2D eigenvalue weighted by Crippen LogP contribution is 2.14. The number of carbonyl (C=O) groups excluding carboxylic acids is 1. The van der Waals surface area contributed by atoms with Gasteiger partial charge in [-0.3, -0.25) is 4.79 Å². The molecular weight excluding hydrogens is 522 g/mol. The monoisotopic (exact) mass is 594 g/mol. The summed E-state index contributed by atoms with van der Waals surface area (Å²) in [6.45, 7) is 4.13. The molecule has 0 aromatic rings. The lowest BCUT2D eigenvalue weighted by Crippen LogP contribution is -2.50. The van der Waals surface area contributed by atoms with Crippen molar-refractivity contribution in [3.63, 3.8) is 0 Å². The van der Waals surface area contributed by atoms with Crippen molar-refractivity contribution in [3.8, 4) is 0 Å². The minimum absolute atomic E-state index is 0.160. The molecule has 5 heteroatoms. The van der Waals surface area contributed by atoms with E-state index in [0.29, 0.717) is 12.8 Å². The Morgan fingerprint density at radius 3 is 1.45 bits per heavy atom. The predicted molar refractivity (Wildman–Crippen MR) is 181 cm³/mol. The zero-order chi connectivity index (χ0) is 30.9. The van der Waals surface area contributed by atoms with Gasteiger partial charge in [0.15, 0.2) is 0 Å². The first kappa shape index (κ1) is 40.8. The number of aliphatic hydroxyl groups excluding tert-OH is 3. The van der Waals surface area contributed by atoms with Gasteiger partial charge >= 0.3 is 0 Å². The largest absolute Gasteiger partial charge is 0.394 e. The van der Waals surface area contributed by atoms with E-state index in [1.54, 1.807) is 0 Å². The number of nitrogens with one attached hydrogen (secondary N) is 1. The molecule has 5 nitrogen and oxygen atoms in total. The van der Waals surface area contributed by atoms with Crippen molar-refractivity contribution in [2.24, 2.45) is 0 Å². The lowest BCUT2D eigenvalue weighted by Gasteiger charge is -2.26. The van der Waals surface area contributed by atoms with Crippen LogP contribution in [0.5, 0.6) is 0 Å². The van der Waals surface area contributed by atoms with E-state index >= 15 is 0 Å². The summed E-state index contributed by atoms with van der Waals surface area (Å²) < 4.78 is 0. The summed E-state index contributed by atoms with van der Waals surface area (Å²) in [5.74, 6) is -0.160. The number of hydrogen-bond donors (Lipinski definition) is 4. The van der Waals surface area contributed by atoms with Gasteiger partial charge in [0.25, 0.3) is 0 Å². The van der Waals surface area contributed by atoms with Crippen LogP contribution in [0.1, 0.15) is 181 Å². The Kier molecular flexibility index (Phi) is 31.8. The first-order valence-electron chi connectivity index (χ1n) is 18.1. The summed E-state index contributed by atoms with van der Waals surface area (Å²) in [5, 5.41) is 33.3. The maximum Gasteiger partial charge on any atom is 0.220 e. The maximum atomic E-state index is 12.3. The molecule has 0 bridgehead atoms. The summed E-state index contributed by atoms with van der Waals surface area (Å²) in [6, 6.07) is -0.826. The normalized spacial score (nSPS) is 14.1. The van der Waals surface area contributed by atoms with Gasteiger partial charge in [-0.05, 0) is 51.4 Å². The number of rotatable bonds is 32. The van der Waals surface area contributed by atoms with Crippen molar-refractivity contribution in [3.05, 3.63) is 24.3 Å². The van der Waals surface area contributed by atoms with Crippen LogP contribution in [0.2, 0.25) is 0 Å². The molecule has 0 saturated carbocycles. The molecule has 248 valence electrons. The van der Waals surface area contributed by atoms with Crippen molar-refractivity contribution in [1.82, 2.24) is 5.32 Å². The van der Waals surface area contributed by atoms with Crippen molar-refractivity contribution in [2.45, 2.75) is 199 Å². The van der Waals surface area contributed by atoms with E-state index in [1.807, 2.05) is 0 Å². The topological polar surface area (TPSA) is 89.8 Å². The Bertz CT molecular complexity index is 621. The van der Waals surface area contributed by atoms with Crippen molar-refractivity contribution in [2.75, 3.05) is 6.61 Å². The summed E-state index contributed by atoms with van der Waals surface area (Å²) in [7, 11) is 0. The number of amides is 1. The molecule has 0 aromatic heterocycles. The average molecular weight is 594 g/mol. The second-order valence-electron chi connectivity index (χ2n) is 12.4. The van der Waals surface area contributed by atoms with Gasteiger partial charge in [-0.15, -0.1) is 0 Å². The minimum Gasteiger partial charge on any atom is -0.394 e. The van der Waals surface area contributed by atoms with E-state index in [1.165, 1.54) is 109 Å². The molecular formula is C37H71NO4. The van der Waals surface area contributed by atoms with Crippen molar-refractivity contribution >= 4 is 5.91 Å². The molecule has 0 rings (SSSR count). The lowest BCUT2D eigenvalue weighted by molar-refractivity contribution is -0.124. The van der Waals surface area contributed by atoms with Crippen molar-refractivity contribution in [1.29, 1.82) is 0 Å². The Morgan fingerprint density at radius 2 is 0.976 bits per heavy atom. The van der Waals surface area contributed by atoms with Gasteiger partial charge in [0.2, 0.25) is 5.91 Å². The van der Waals surface area contributed by atoms with Crippen LogP contribution in [-0.2, 0) is 4.79 Å². The van der Waals surface area contributed by atoms with E-state index in [-0.39, 0.29) is 12.5 Å². The van der Waals surface area contributed by atoms with E-state index in [9.17, 15) is 20.1 Å². The summed E-state index contributed by atoms with van der Waals surface area (Å²) in [6.07, 6.45) is 36.9. The highest BCUT2D eigenvalue weighted by atomic mass is 16.3.